The first kappa shape index (κ1) is 17.1. The number of piperidine rings is 1. The highest BCUT2D eigenvalue weighted by molar-refractivity contribution is 5.81. The molecule has 0 aromatic rings. The van der Waals surface area contributed by atoms with E-state index in [1.54, 1.807) is 5.43 Å². The molecule has 10 nitrogen and oxygen atoms in total. The molecule has 0 aromatic carbocycles. The number of hydrogen-bond donors (Lipinski definition) is 5. The number of nitrogens with two attached hydrogens (primary N) is 2. The number of nitro groups is 1. The highest BCUT2D eigenvalue weighted by atomic mass is 16.7. The molecule has 1 aliphatic rings. The van der Waals surface area contributed by atoms with E-state index in [1.165, 1.54) is 0 Å². The minimum absolute atomic E-state index is 0.165. The van der Waals surface area contributed by atoms with Crippen LogP contribution in [0.5, 0.6) is 0 Å². The Bertz CT molecular complexity index is 382. The summed E-state index contributed by atoms with van der Waals surface area (Å²) in [6.07, 6.45) is 2.80. The maximum Gasteiger partial charge on any atom is 0.251 e. The summed E-state index contributed by atoms with van der Waals surface area (Å²) < 4.78 is 0. The van der Waals surface area contributed by atoms with Gasteiger partial charge in [-0.2, -0.15) is 0 Å². The fourth-order valence-corrected chi connectivity index (χ4v) is 2.05. The molecule has 21 heavy (non-hydrogen) atoms. The standard InChI is InChI=1S/C11H23N7O3/c12-9(2-1-5-15-11(13)17-18(20)21)10(19)16-8-3-6-14-7-4-8/h8-9,14H,1-7,12H2,(H,16,19)(H3,13,15,17)/t9-/m0/s1. The molecule has 0 spiro atoms. The third kappa shape index (κ3) is 7.42. The van der Waals surface area contributed by atoms with Gasteiger partial charge >= 0.3 is 0 Å². The Morgan fingerprint density at radius 1 is 1.48 bits per heavy atom. The molecule has 1 amide bonds. The molecule has 0 bridgehead atoms. The van der Waals surface area contributed by atoms with Crippen molar-refractivity contribution in [2.24, 2.45) is 16.5 Å². The average molecular weight is 301 g/mol. The normalized spacial score (nSPS) is 18.0. The van der Waals surface area contributed by atoms with E-state index in [1.807, 2.05) is 0 Å². The predicted octanol–water partition coefficient (Wildman–Crippen LogP) is -1.94. The number of carbonyl (C=O) groups excluding carboxylic acids is 1. The van der Waals surface area contributed by atoms with Crippen molar-refractivity contribution in [3.63, 3.8) is 0 Å². The number of guanidine groups is 1. The Morgan fingerprint density at radius 2 is 2.14 bits per heavy atom. The molecule has 10 heteroatoms. The molecule has 0 unspecified atom stereocenters. The number of aliphatic imine (C=N–C) groups is 1. The Hall–Kier alpha value is -1.94. The van der Waals surface area contributed by atoms with Crippen LogP contribution in [0.25, 0.3) is 0 Å². The van der Waals surface area contributed by atoms with Crippen molar-refractivity contribution in [3.05, 3.63) is 10.1 Å². The fourth-order valence-electron chi connectivity index (χ4n) is 2.05. The van der Waals surface area contributed by atoms with Crippen LogP contribution in [0, 0.1) is 10.1 Å². The van der Waals surface area contributed by atoms with Crippen molar-refractivity contribution in [2.75, 3.05) is 19.6 Å². The number of nitrogens with one attached hydrogen (secondary N) is 3. The van der Waals surface area contributed by atoms with Gasteiger partial charge in [-0.25, -0.2) is 15.1 Å². The first-order valence-electron chi connectivity index (χ1n) is 6.96. The summed E-state index contributed by atoms with van der Waals surface area (Å²) in [6, 6.07) is -0.414. The summed E-state index contributed by atoms with van der Waals surface area (Å²) in [6.45, 7) is 2.08. The zero-order chi connectivity index (χ0) is 15.7. The van der Waals surface area contributed by atoms with Crippen molar-refractivity contribution >= 4 is 11.9 Å². The molecule has 0 aliphatic carbocycles. The molecule has 1 rings (SSSR count). The van der Waals surface area contributed by atoms with Gasteiger partial charge in [-0.1, -0.05) is 5.43 Å². The molecular formula is C11H23N7O3. The molecule has 0 saturated carbocycles. The number of hydrogen-bond acceptors (Lipinski definition) is 6. The van der Waals surface area contributed by atoms with Gasteiger partial charge in [-0.05, 0) is 38.8 Å². The van der Waals surface area contributed by atoms with Crippen molar-refractivity contribution in [1.29, 1.82) is 0 Å². The van der Waals surface area contributed by atoms with Gasteiger partial charge in [-0.3, -0.25) is 4.79 Å². The Labute approximate surface area is 122 Å². The number of carbonyl (C=O) groups is 1. The van der Waals surface area contributed by atoms with Gasteiger partial charge in [0, 0.05) is 12.6 Å². The average Bonchev–Trinajstić information content (AvgIpc) is 2.43. The first-order chi connectivity index (χ1) is 9.99. The minimum atomic E-state index is -0.781. The van der Waals surface area contributed by atoms with Crippen LogP contribution in [0.3, 0.4) is 0 Å². The molecule has 120 valence electrons. The molecule has 1 fully saturated rings. The van der Waals surface area contributed by atoms with Gasteiger partial charge in [0.1, 0.15) is 0 Å². The van der Waals surface area contributed by atoms with E-state index in [2.05, 4.69) is 15.6 Å². The smallest absolute Gasteiger partial charge is 0.251 e. The van der Waals surface area contributed by atoms with Gasteiger partial charge in [0.2, 0.25) is 5.91 Å². The molecule has 7 N–H and O–H groups in total. The summed E-state index contributed by atoms with van der Waals surface area (Å²) in [5.41, 5.74) is 12.8. The molecule has 1 saturated heterocycles. The lowest BCUT2D eigenvalue weighted by atomic mass is 10.1. The molecule has 0 aromatic heterocycles. The lowest BCUT2D eigenvalue weighted by Crippen LogP contribution is -2.48. The predicted molar refractivity (Wildman–Crippen MR) is 77.9 cm³/mol. The molecular weight excluding hydrogens is 278 g/mol. The summed E-state index contributed by atoms with van der Waals surface area (Å²) in [7, 11) is 0. The van der Waals surface area contributed by atoms with Gasteiger partial charge in [0.25, 0.3) is 5.96 Å². The lowest BCUT2D eigenvalue weighted by molar-refractivity contribution is -0.525. The second-order valence-corrected chi connectivity index (χ2v) is 4.92. The summed E-state index contributed by atoms with van der Waals surface area (Å²) in [4.78, 5) is 25.7. The zero-order valence-electron chi connectivity index (χ0n) is 11.9. The molecule has 1 heterocycles. The fraction of sp³-hybridized carbons (Fsp3) is 0.818. The Morgan fingerprint density at radius 3 is 2.76 bits per heavy atom. The summed E-state index contributed by atoms with van der Waals surface area (Å²) in [5.74, 6) is -0.421. The number of hydrazine groups is 1. The van der Waals surface area contributed by atoms with Crippen LogP contribution in [0.15, 0.2) is 4.99 Å². The molecule has 0 radical (unpaired) electrons. The highest BCUT2D eigenvalue weighted by Crippen LogP contribution is 2.03. The van der Waals surface area contributed by atoms with E-state index in [0.29, 0.717) is 12.8 Å². The SMILES string of the molecule is NC(=NCCC[C@H](N)C(=O)NC1CCNCC1)N[N+](=O)[O-]. The van der Waals surface area contributed by atoms with Crippen molar-refractivity contribution in [3.8, 4) is 0 Å². The van der Waals surface area contributed by atoms with Crippen molar-refractivity contribution in [2.45, 2.75) is 37.8 Å². The van der Waals surface area contributed by atoms with Crippen LogP contribution >= 0.6 is 0 Å². The second-order valence-electron chi connectivity index (χ2n) is 4.92. The highest BCUT2D eigenvalue weighted by Gasteiger charge is 2.19. The Balaban J connectivity index is 2.18. The van der Waals surface area contributed by atoms with Gasteiger partial charge < -0.3 is 22.1 Å². The van der Waals surface area contributed by atoms with Gasteiger partial charge in [0.05, 0.1) is 6.04 Å². The van der Waals surface area contributed by atoms with Crippen molar-refractivity contribution in [1.82, 2.24) is 16.1 Å². The second kappa shape index (κ2) is 9.08. The summed E-state index contributed by atoms with van der Waals surface area (Å²) >= 11 is 0. The van der Waals surface area contributed by atoms with Gasteiger partial charge in [-0.15, -0.1) is 0 Å². The molecule has 1 atom stereocenters. The quantitative estimate of drug-likeness (QED) is 0.120. The first-order valence-corrected chi connectivity index (χ1v) is 6.96. The number of nitrogens with zero attached hydrogens (tertiary/aromatic N) is 2. The van der Waals surface area contributed by atoms with E-state index in [-0.39, 0.29) is 24.5 Å². The topological polar surface area (TPSA) is 161 Å². The van der Waals surface area contributed by atoms with Crippen LogP contribution in [0.1, 0.15) is 25.7 Å². The van der Waals surface area contributed by atoms with Crippen LogP contribution in [-0.4, -0.2) is 48.6 Å². The van der Waals surface area contributed by atoms with E-state index in [0.717, 1.165) is 25.9 Å². The van der Waals surface area contributed by atoms with Crippen LogP contribution in [0.4, 0.5) is 0 Å². The monoisotopic (exact) mass is 301 g/mol. The number of rotatable bonds is 7. The minimum Gasteiger partial charge on any atom is -0.365 e. The summed E-state index contributed by atoms with van der Waals surface area (Å²) in [5, 5.41) is 15.5. The third-order valence-electron chi connectivity index (χ3n) is 3.18. The lowest BCUT2D eigenvalue weighted by Gasteiger charge is -2.25. The van der Waals surface area contributed by atoms with Crippen molar-refractivity contribution < 1.29 is 9.83 Å². The zero-order valence-corrected chi connectivity index (χ0v) is 11.9. The van der Waals surface area contributed by atoms with E-state index >= 15 is 0 Å². The van der Waals surface area contributed by atoms with E-state index in [4.69, 9.17) is 11.5 Å². The van der Waals surface area contributed by atoms with Crippen LogP contribution in [-0.2, 0) is 4.79 Å². The molecule has 1 aliphatic heterocycles. The maximum atomic E-state index is 11.9. The van der Waals surface area contributed by atoms with E-state index < -0.39 is 11.1 Å². The van der Waals surface area contributed by atoms with E-state index in [9.17, 15) is 14.9 Å². The largest absolute Gasteiger partial charge is 0.365 e. The third-order valence-corrected chi connectivity index (χ3v) is 3.18. The van der Waals surface area contributed by atoms with Gasteiger partial charge in [0.15, 0.2) is 5.03 Å². The van der Waals surface area contributed by atoms with Crippen LogP contribution < -0.4 is 27.5 Å². The maximum absolute atomic E-state index is 11.9. The number of amides is 1. The Kier molecular flexibility index (Phi) is 7.40. The van der Waals surface area contributed by atoms with Crippen LogP contribution in [0.2, 0.25) is 0 Å².